The number of hydrogen-bond acceptors (Lipinski definition) is 26. The number of hydrogen-bond donors (Lipinski definition) is 6. The van der Waals surface area contributed by atoms with E-state index in [1.807, 2.05) is 144 Å². The molecular formula is C101H168N20O22S2. The Kier molecular flexibility index (Phi) is 53.1. The number of sulfonamides is 2. The molecule has 8 amide bonds. The van der Waals surface area contributed by atoms with Gasteiger partial charge in [-0.25, -0.2) is 26.8 Å². The van der Waals surface area contributed by atoms with Crippen LogP contribution in [0.3, 0.4) is 0 Å². The molecule has 145 heavy (non-hydrogen) atoms. The highest BCUT2D eigenvalue weighted by molar-refractivity contribution is 7.90. The number of guanidine groups is 2. The minimum absolute atomic E-state index is 0. The van der Waals surface area contributed by atoms with Crippen LogP contribution in [0.15, 0.2) is 83.0 Å². The van der Waals surface area contributed by atoms with E-state index in [0.717, 1.165) is 24.0 Å². The lowest BCUT2D eigenvalue weighted by atomic mass is 9.85. The number of carboxylic acid groups (broad SMARTS) is 2. The number of nitrogens with zero attached hydrogens (tertiary/aromatic N) is 16. The number of aromatic nitrogens is 6. The number of Topliss-reactive ketones (excluding diaryl/α,β-unsaturated/α-hetero) is 2. The topological polar surface area (TPSA) is 511 Å². The van der Waals surface area contributed by atoms with Gasteiger partial charge in [-0.05, 0) is 86.2 Å². The largest absolute Gasteiger partial charge is 0.481 e. The number of carbonyl (C=O) groups excluding carboxylic acids is 10. The molecule has 4 heterocycles. The number of aliphatic carboxylic acids is 2. The molecule has 18 atom stereocenters. The second kappa shape index (κ2) is 61.0. The van der Waals surface area contributed by atoms with Crippen LogP contribution in [0.2, 0.25) is 0 Å². The standard InChI is InChI=1S/2C50H82N10O11S.CH4/c1-14-33(4)45(58(11)49(67)44(32(2)3)52-50(56(7)8)57(9)10)41(70-12)29-42(62)60-24-18-22-39(60)46(71-13)35(6)40(61)28-37(27-36-20-16-15-17-21-36)48(66)54-72(68,69)25-19-23-59-31-38(53-55-59)30-51-47(65)34(5)26-43(63)64;1-14-33(4)45(58(11)48(65)44(32(2)3)52-50(56(7)8)57(9)10)41(70-12)29-43(63)60-24-18-22-39(60)46(71-13)35(6)40(61)28-37(27-36-20-16-15-17-21-36)47(64)54-72(68,69)25-19-23-59-31-38(53-55-59)30-51-42(62)26-34(5)49(66)67;/h15-17,20-21,31-35,37,39,41,44-46H,14,18-19,22-30H2,1-13H3,(H,51,65)(H,54,66)(H,63,64);15-17,20-21,31-35,37,39,41,44-46H,14,18-19,22-30H2,1-13H3,(H,51,62)(H,54,64)(H,66,67);1H4/t2*33-,34?,35-,37+,39-,41+,44-,45-,46+;/m00./s1. The van der Waals surface area contributed by atoms with Gasteiger partial charge in [0.15, 0.2) is 11.9 Å². The summed E-state index contributed by atoms with van der Waals surface area (Å²) in [7, 11) is 16.2. The Labute approximate surface area is 859 Å². The number of ketones is 2. The van der Waals surface area contributed by atoms with Crippen LogP contribution in [0.4, 0.5) is 0 Å². The van der Waals surface area contributed by atoms with Crippen LogP contribution in [0.1, 0.15) is 203 Å². The SMILES string of the molecule is C.CC[C@H](C)[C@@H]([C@@H](CC(=O)N1CCC[C@H]1[C@H](OC)[C@@H](C)C(=O)C[C@@H](Cc1ccccc1)C(=O)NS(=O)(=O)CCCn1cc(CNC(=O)C(C)CC(=O)O)nn1)OC)N(C)C(=O)[C@@H](N=C(N(C)C)N(C)C)C(C)C.CC[C@H](C)[C@@H]([C@@H](CC(=O)N1CCC[C@H]1[C@H](OC)[C@@H](C)C(=O)C[C@@H](Cc1ccccc1)C(=O)NS(=O)(=O)CCCn1cc(CNC(=O)CC(C)C(=O)O)nn1)OC)N(C)C(=O)[C@@H](N=C(N(C)C)N(C)C)C(C)C. The molecule has 2 aromatic heterocycles. The number of amides is 8. The second-order valence-corrected chi connectivity index (χ2v) is 43.5. The summed E-state index contributed by atoms with van der Waals surface area (Å²) in [6.07, 6.45) is 3.24. The molecule has 2 unspecified atom stereocenters. The maximum atomic E-state index is 14.5. The average molecular weight is 2080 g/mol. The highest BCUT2D eigenvalue weighted by Crippen LogP contribution is 2.35. The Morgan fingerprint density at radius 1 is 0.476 bits per heavy atom. The number of rotatable bonds is 58. The van der Waals surface area contributed by atoms with Gasteiger partial charge in [-0.3, -0.25) is 76.3 Å². The Hall–Kier alpha value is -11.0. The molecule has 6 N–H and O–H groups in total. The maximum Gasteiger partial charge on any atom is 0.306 e. The normalized spacial score (nSPS) is 17.0. The van der Waals surface area contributed by atoms with Crippen LogP contribution in [0, 0.1) is 59.2 Å². The van der Waals surface area contributed by atoms with Gasteiger partial charge in [0, 0.05) is 174 Å². The lowest BCUT2D eigenvalue weighted by Gasteiger charge is -2.40. The highest BCUT2D eigenvalue weighted by atomic mass is 32.2. The minimum atomic E-state index is -4.17. The molecule has 2 aromatic carbocycles. The summed E-state index contributed by atoms with van der Waals surface area (Å²) >= 11 is 0. The molecule has 816 valence electrons. The van der Waals surface area contributed by atoms with E-state index in [1.165, 1.54) is 49.8 Å². The number of methoxy groups -OCH3 is 4. The van der Waals surface area contributed by atoms with Crippen LogP contribution in [-0.2, 0) is 136 Å². The van der Waals surface area contributed by atoms with E-state index in [2.05, 4.69) is 40.7 Å². The first-order valence-corrected chi connectivity index (χ1v) is 53.1. The van der Waals surface area contributed by atoms with Crippen molar-refractivity contribution in [3.8, 4) is 0 Å². The van der Waals surface area contributed by atoms with E-state index < -0.39 is 163 Å². The first-order chi connectivity index (χ1) is 67.7. The third kappa shape index (κ3) is 39.3. The molecule has 0 radical (unpaired) electrons. The van der Waals surface area contributed by atoms with E-state index in [1.54, 1.807) is 110 Å². The summed E-state index contributed by atoms with van der Waals surface area (Å²) in [6, 6.07) is 14.7. The van der Waals surface area contributed by atoms with Crippen LogP contribution in [-0.4, -0.2) is 363 Å². The first-order valence-electron chi connectivity index (χ1n) is 49.8. The number of aryl methyl sites for hydroxylation is 2. The third-order valence-corrected chi connectivity index (χ3v) is 29.6. The molecule has 6 rings (SSSR count). The quantitative estimate of drug-likeness (QED) is 0.0195. The van der Waals surface area contributed by atoms with Gasteiger partial charge in [0.2, 0.25) is 67.3 Å². The van der Waals surface area contributed by atoms with Crippen LogP contribution in [0.25, 0.3) is 0 Å². The van der Waals surface area contributed by atoms with E-state index in [0.29, 0.717) is 62.1 Å². The molecule has 4 aromatic rings. The monoisotopic (exact) mass is 2080 g/mol. The van der Waals surface area contributed by atoms with Gasteiger partial charge in [-0.15, -0.1) is 10.2 Å². The van der Waals surface area contributed by atoms with Gasteiger partial charge in [0.1, 0.15) is 35.0 Å². The van der Waals surface area contributed by atoms with Gasteiger partial charge >= 0.3 is 11.9 Å². The van der Waals surface area contributed by atoms with E-state index in [-0.39, 0.29) is 157 Å². The Bertz CT molecular complexity index is 5080. The molecular weight excluding hydrogens is 1910 g/mol. The van der Waals surface area contributed by atoms with Crippen LogP contribution < -0.4 is 20.1 Å². The Morgan fingerprint density at radius 2 is 0.834 bits per heavy atom. The highest BCUT2D eigenvalue weighted by Gasteiger charge is 2.47. The van der Waals surface area contributed by atoms with Crippen LogP contribution >= 0.6 is 0 Å². The Morgan fingerprint density at radius 3 is 1.15 bits per heavy atom. The molecule has 2 aliphatic heterocycles. The van der Waals surface area contributed by atoms with Crippen molar-refractivity contribution in [2.24, 2.45) is 69.2 Å². The van der Waals surface area contributed by atoms with E-state index in [9.17, 15) is 74.4 Å². The predicted molar refractivity (Wildman–Crippen MR) is 552 cm³/mol. The van der Waals surface area contributed by atoms with Crippen LogP contribution in [0.5, 0.6) is 0 Å². The van der Waals surface area contributed by atoms with Gasteiger partial charge < -0.3 is 79.0 Å². The fraction of sp³-hybridized carbons (Fsp3) is 0.703. The van der Waals surface area contributed by atoms with Gasteiger partial charge in [-0.2, -0.15) is 0 Å². The molecule has 42 nitrogen and oxygen atoms in total. The zero-order valence-corrected chi connectivity index (χ0v) is 91.1. The van der Waals surface area contributed by atoms with Crippen molar-refractivity contribution in [2.45, 2.75) is 280 Å². The van der Waals surface area contributed by atoms with Crippen molar-refractivity contribution >= 4 is 103 Å². The molecule has 2 aliphatic rings. The fourth-order valence-corrected chi connectivity index (χ4v) is 20.7. The molecule has 2 saturated heterocycles. The first kappa shape index (κ1) is 126. The van der Waals surface area contributed by atoms with Crippen molar-refractivity contribution in [3.05, 3.63) is 95.6 Å². The van der Waals surface area contributed by atoms with E-state index >= 15 is 0 Å². The number of likely N-dealkylation sites (N-methyl/N-ethyl adjacent to an activating group) is 2. The number of aliphatic imine (C=N–C) groups is 2. The Balaban J connectivity index is 0.000000600. The summed E-state index contributed by atoms with van der Waals surface area (Å²) in [5.41, 5.74) is 2.24. The lowest BCUT2D eigenvalue weighted by molar-refractivity contribution is -0.146. The van der Waals surface area contributed by atoms with Gasteiger partial charge in [0.05, 0.1) is 111 Å². The number of carbonyl (C=O) groups is 12. The van der Waals surface area contributed by atoms with E-state index in [4.69, 9.17) is 39.1 Å². The van der Waals surface area contributed by atoms with Crippen molar-refractivity contribution in [1.82, 2.24) is 89.3 Å². The number of carboxylic acids is 2. The third-order valence-electron chi connectivity index (χ3n) is 26.9. The fourth-order valence-electron chi connectivity index (χ4n) is 18.6. The zero-order valence-electron chi connectivity index (χ0n) is 89.5. The summed E-state index contributed by atoms with van der Waals surface area (Å²) in [5, 5.41) is 39.0. The van der Waals surface area contributed by atoms with Crippen molar-refractivity contribution in [3.63, 3.8) is 0 Å². The van der Waals surface area contributed by atoms with Crippen molar-refractivity contribution in [1.29, 1.82) is 0 Å². The number of likely N-dealkylation sites (tertiary alicyclic amines) is 2. The summed E-state index contributed by atoms with van der Waals surface area (Å²) < 4.78 is 84.6. The number of ether oxygens (including phenoxy) is 4. The van der Waals surface area contributed by atoms with Crippen molar-refractivity contribution in [2.75, 3.05) is 124 Å². The van der Waals surface area contributed by atoms with Gasteiger partial charge in [-0.1, -0.05) is 174 Å². The predicted octanol–water partition coefficient (Wildman–Crippen LogP) is 6.80. The van der Waals surface area contributed by atoms with Crippen molar-refractivity contribution < 1.29 is 104 Å². The number of benzene rings is 2. The molecule has 0 spiro atoms. The second-order valence-electron chi connectivity index (χ2n) is 39.8. The summed E-state index contributed by atoms with van der Waals surface area (Å²) in [6.45, 7) is 23.4. The molecule has 0 saturated carbocycles. The molecule has 44 heteroatoms. The minimum Gasteiger partial charge on any atom is -0.481 e. The lowest BCUT2D eigenvalue weighted by Crippen LogP contribution is -2.55. The van der Waals surface area contributed by atoms with Gasteiger partial charge in [0.25, 0.3) is 0 Å². The smallest absolute Gasteiger partial charge is 0.306 e. The number of nitrogens with one attached hydrogen (secondary N) is 4. The molecule has 0 aliphatic carbocycles. The molecule has 0 bridgehead atoms. The zero-order chi connectivity index (χ0) is 108. The summed E-state index contributed by atoms with van der Waals surface area (Å²) in [4.78, 5) is 184. The summed E-state index contributed by atoms with van der Waals surface area (Å²) in [5.74, 6) is -11.4. The average Bonchev–Trinajstić information content (AvgIpc) is 1.70. The molecule has 2 fully saturated rings. The maximum absolute atomic E-state index is 14.5.